The van der Waals surface area contributed by atoms with E-state index in [-0.39, 0.29) is 17.9 Å². The number of nitrogens with zero attached hydrogens (tertiary/aromatic N) is 1. The van der Waals surface area contributed by atoms with E-state index in [1.807, 2.05) is 0 Å². The van der Waals surface area contributed by atoms with Gasteiger partial charge in [-0.3, -0.25) is 9.69 Å². The zero-order chi connectivity index (χ0) is 14.5. The van der Waals surface area contributed by atoms with Crippen molar-refractivity contribution in [2.45, 2.75) is 25.8 Å². The van der Waals surface area contributed by atoms with Crippen LogP contribution in [0.4, 0.5) is 0 Å². The maximum absolute atomic E-state index is 11.7. The number of amides is 1. The molecule has 3 N–H and O–H groups in total. The fourth-order valence-electron chi connectivity index (χ4n) is 3.05. The minimum absolute atomic E-state index is 0.159. The van der Waals surface area contributed by atoms with Crippen LogP contribution in [0.1, 0.15) is 30.0 Å². The van der Waals surface area contributed by atoms with Gasteiger partial charge in [-0.15, -0.1) is 0 Å². The molecule has 2 rings (SSSR count). The highest BCUT2D eigenvalue weighted by Crippen LogP contribution is 2.26. The van der Waals surface area contributed by atoms with E-state index in [4.69, 9.17) is 5.73 Å². The van der Waals surface area contributed by atoms with Gasteiger partial charge in [0.1, 0.15) is 0 Å². The van der Waals surface area contributed by atoms with Crippen molar-refractivity contribution >= 4 is 5.91 Å². The molecule has 1 aliphatic rings. The minimum atomic E-state index is 0.159. The van der Waals surface area contributed by atoms with E-state index in [0.717, 1.165) is 25.9 Å². The van der Waals surface area contributed by atoms with Gasteiger partial charge < -0.3 is 11.1 Å². The van der Waals surface area contributed by atoms with Gasteiger partial charge in [0.25, 0.3) is 0 Å². The molecule has 1 aromatic rings. The molecule has 1 unspecified atom stereocenters. The number of aryl methyl sites for hydroxylation is 1. The van der Waals surface area contributed by atoms with Crippen LogP contribution in [0.2, 0.25) is 0 Å². The quantitative estimate of drug-likeness (QED) is 0.874. The molecule has 20 heavy (non-hydrogen) atoms. The molecule has 1 heterocycles. The van der Waals surface area contributed by atoms with E-state index < -0.39 is 0 Å². The van der Waals surface area contributed by atoms with Gasteiger partial charge in [0.05, 0.1) is 0 Å². The van der Waals surface area contributed by atoms with Gasteiger partial charge in [-0.05, 0) is 38.4 Å². The molecule has 0 bridgehead atoms. The number of nitrogens with one attached hydrogen (secondary N) is 1. The van der Waals surface area contributed by atoms with Gasteiger partial charge in [0.2, 0.25) is 5.91 Å². The van der Waals surface area contributed by atoms with Crippen molar-refractivity contribution in [1.29, 1.82) is 0 Å². The van der Waals surface area contributed by atoms with Crippen molar-refractivity contribution in [2.75, 3.05) is 26.7 Å². The standard InChI is InChI=1S/C16H25N3O/c1-12-4-3-5-14(10-12)15(11-17)19-8-6-13(7-9-19)16(20)18-2/h3-5,10,13,15H,6-9,11,17H2,1-2H3,(H,18,20). The van der Waals surface area contributed by atoms with Crippen LogP contribution >= 0.6 is 0 Å². The highest BCUT2D eigenvalue weighted by Gasteiger charge is 2.28. The van der Waals surface area contributed by atoms with E-state index in [9.17, 15) is 4.79 Å². The molecule has 1 atom stereocenters. The Balaban J connectivity index is 2.02. The molecule has 0 aliphatic carbocycles. The van der Waals surface area contributed by atoms with Crippen LogP contribution in [-0.2, 0) is 4.79 Å². The first kappa shape index (κ1) is 15.0. The predicted octanol–water partition coefficient (Wildman–Crippen LogP) is 1.45. The summed E-state index contributed by atoms with van der Waals surface area (Å²) in [6.45, 7) is 4.60. The van der Waals surface area contributed by atoms with Crippen LogP contribution in [0.5, 0.6) is 0 Å². The Bertz CT molecular complexity index is 453. The lowest BCUT2D eigenvalue weighted by molar-refractivity contribution is -0.126. The van der Waals surface area contributed by atoms with Crippen molar-refractivity contribution in [3.8, 4) is 0 Å². The van der Waals surface area contributed by atoms with Crippen molar-refractivity contribution in [3.63, 3.8) is 0 Å². The van der Waals surface area contributed by atoms with Crippen LogP contribution in [0, 0.1) is 12.8 Å². The zero-order valence-electron chi connectivity index (χ0n) is 12.4. The average Bonchev–Trinajstić information content (AvgIpc) is 2.48. The maximum Gasteiger partial charge on any atom is 0.222 e. The summed E-state index contributed by atoms with van der Waals surface area (Å²) < 4.78 is 0. The first-order valence-corrected chi connectivity index (χ1v) is 7.38. The second-order valence-corrected chi connectivity index (χ2v) is 5.59. The predicted molar refractivity (Wildman–Crippen MR) is 81.3 cm³/mol. The number of carbonyl (C=O) groups excluding carboxylic acids is 1. The third kappa shape index (κ3) is 3.38. The summed E-state index contributed by atoms with van der Waals surface area (Å²) in [5.74, 6) is 0.330. The first-order valence-electron chi connectivity index (χ1n) is 7.38. The third-order valence-electron chi connectivity index (χ3n) is 4.24. The van der Waals surface area contributed by atoms with Gasteiger partial charge in [-0.1, -0.05) is 29.8 Å². The Morgan fingerprint density at radius 2 is 2.15 bits per heavy atom. The van der Waals surface area contributed by atoms with Gasteiger partial charge in [0, 0.05) is 25.6 Å². The summed E-state index contributed by atoms with van der Waals surface area (Å²) in [5.41, 5.74) is 8.53. The van der Waals surface area contributed by atoms with Gasteiger partial charge in [-0.25, -0.2) is 0 Å². The molecular weight excluding hydrogens is 250 g/mol. The van der Waals surface area contributed by atoms with Crippen molar-refractivity contribution in [2.24, 2.45) is 11.7 Å². The topological polar surface area (TPSA) is 58.4 Å². The van der Waals surface area contributed by atoms with Crippen LogP contribution in [0.25, 0.3) is 0 Å². The second-order valence-electron chi connectivity index (χ2n) is 5.59. The molecule has 0 spiro atoms. The molecule has 1 aliphatic heterocycles. The molecule has 0 radical (unpaired) electrons. The summed E-state index contributed by atoms with van der Waals surface area (Å²) in [4.78, 5) is 14.1. The second kappa shape index (κ2) is 6.86. The molecular formula is C16H25N3O. The Hall–Kier alpha value is -1.39. The SMILES string of the molecule is CNC(=O)C1CCN(C(CN)c2cccc(C)c2)CC1. The fourth-order valence-corrected chi connectivity index (χ4v) is 3.05. The van der Waals surface area contributed by atoms with Crippen LogP contribution in [0.3, 0.4) is 0 Å². The Kier molecular flexibility index (Phi) is 5.15. The van der Waals surface area contributed by atoms with Crippen LogP contribution in [0.15, 0.2) is 24.3 Å². The Morgan fingerprint density at radius 3 is 2.70 bits per heavy atom. The van der Waals surface area contributed by atoms with E-state index in [2.05, 4.69) is 41.4 Å². The number of carbonyl (C=O) groups is 1. The number of benzene rings is 1. The number of piperidine rings is 1. The van der Waals surface area contributed by atoms with Gasteiger partial charge >= 0.3 is 0 Å². The first-order chi connectivity index (χ1) is 9.65. The highest BCUT2D eigenvalue weighted by molar-refractivity contribution is 5.78. The summed E-state index contributed by atoms with van der Waals surface area (Å²) in [6, 6.07) is 8.82. The Labute approximate surface area is 121 Å². The third-order valence-corrected chi connectivity index (χ3v) is 4.24. The fraction of sp³-hybridized carbons (Fsp3) is 0.562. The molecule has 4 nitrogen and oxygen atoms in total. The minimum Gasteiger partial charge on any atom is -0.359 e. The van der Waals surface area contributed by atoms with E-state index >= 15 is 0 Å². The number of hydrogen-bond acceptors (Lipinski definition) is 3. The molecule has 1 aromatic carbocycles. The molecule has 4 heteroatoms. The molecule has 1 fully saturated rings. The van der Waals surface area contributed by atoms with E-state index in [1.165, 1.54) is 11.1 Å². The molecule has 0 aromatic heterocycles. The molecule has 1 amide bonds. The number of nitrogens with two attached hydrogens (primary N) is 1. The number of likely N-dealkylation sites (tertiary alicyclic amines) is 1. The molecule has 1 saturated heterocycles. The van der Waals surface area contributed by atoms with Crippen LogP contribution < -0.4 is 11.1 Å². The van der Waals surface area contributed by atoms with Crippen LogP contribution in [-0.4, -0.2) is 37.5 Å². The van der Waals surface area contributed by atoms with Gasteiger partial charge in [-0.2, -0.15) is 0 Å². The smallest absolute Gasteiger partial charge is 0.222 e. The van der Waals surface area contributed by atoms with Crippen molar-refractivity contribution in [3.05, 3.63) is 35.4 Å². The summed E-state index contributed by atoms with van der Waals surface area (Å²) in [6.07, 6.45) is 1.84. The lowest BCUT2D eigenvalue weighted by atomic mass is 9.93. The van der Waals surface area contributed by atoms with E-state index in [0.29, 0.717) is 6.54 Å². The maximum atomic E-state index is 11.7. The molecule has 0 saturated carbocycles. The summed E-state index contributed by atoms with van der Waals surface area (Å²) in [7, 11) is 1.71. The Morgan fingerprint density at radius 1 is 1.45 bits per heavy atom. The number of rotatable bonds is 4. The highest BCUT2D eigenvalue weighted by atomic mass is 16.1. The number of hydrogen-bond donors (Lipinski definition) is 2. The largest absolute Gasteiger partial charge is 0.359 e. The summed E-state index contributed by atoms with van der Waals surface area (Å²) in [5, 5.41) is 2.75. The van der Waals surface area contributed by atoms with Crippen molar-refractivity contribution < 1.29 is 4.79 Å². The lowest BCUT2D eigenvalue weighted by Crippen LogP contribution is -2.43. The lowest BCUT2D eigenvalue weighted by Gasteiger charge is -2.36. The zero-order valence-corrected chi connectivity index (χ0v) is 12.4. The average molecular weight is 275 g/mol. The summed E-state index contributed by atoms with van der Waals surface area (Å²) >= 11 is 0. The van der Waals surface area contributed by atoms with Gasteiger partial charge in [0.15, 0.2) is 0 Å². The van der Waals surface area contributed by atoms with E-state index in [1.54, 1.807) is 7.05 Å². The molecule has 110 valence electrons. The van der Waals surface area contributed by atoms with Crippen molar-refractivity contribution in [1.82, 2.24) is 10.2 Å². The monoisotopic (exact) mass is 275 g/mol. The normalized spacial score (nSPS) is 18.8.